The molecule has 0 spiro atoms. The number of rotatable bonds is 4. The molecule has 6 nitrogen and oxygen atoms in total. The summed E-state index contributed by atoms with van der Waals surface area (Å²) in [5.41, 5.74) is 1.04. The number of aliphatic imine (C=N–C) groups is 1. The molecule has 0 bridgehead atoms. The highest BCUT2D eigenvalue weighted by Crippen LogP contribution is 2.36. The van der Waals surface area contributed by atoms with E-state index in [1.807, 2.05) is 32.0 Å². The van der Waals surface area contributed by atoms with E-state index >= 15 is 0 Å². The molecule has 0 saturated heterocycles. The van der Waals surface area contributed by atoms with Crippen molar-refractivity contribution < 1.29 is 14.3 Å². The maximum Gasteiger partial charge on any atom is 0.256 e. The van der Waals surface area contributed by atoms with Crippen LogP contribution in [0.15, 0.2) is 46.7 Å². The van der Waals surface area contributed by atoms with Crippen LogP contribution in [0, 0.1) is 11.8 Å². The third-order valence-corrected chi connectivity index (χ3v) is 4.01. The van der Waals surface area contributed by atoms with E-state index in [4.69, 9.17) is 4.74 Å². The molecule has 0 saturated carbocycles. The number of carbonyl (C=O) groups excluding carboxylic acids is 2. The summed E-state index contributed by atoms with van der Waals surface area (Å²) in [6, 6.07) is 9.15. The Bertz CT molecular complexity index is 709. The molecule has 24 heavy (non-hydrogen) atoms. The van der Waals surface area contributed by atoms with Crippen molar-refractivity contribution in [1.29, 1.82) is 0 Å². The van der Waals surface area contributed by atoms with Crippen molar-refractivity contribution in [2.45, 2.75) is 27.0 Å². The number of amides is 2. The van der Waals surface area contributed by atoms with E-state index in [-0.39, 0.29) is 11.8 Å². The van der Waals surface area contributed by atoms with Gasteiger partial charge in [0, 0.05) is 12.2 Å². The Morgan fingerprint density at radius 2 is 2.04 bits per heavy atom. The number of allylic oxidation sites excluding steroid dienone is 1. The Morgan fingerprint density at radius 3 is 2.71 bits per heavy atom. The Labute approximate surface area is 141 Å². The summed E-state index contributed by atoms with van der Waals surface area (Å²) in [6.07, 6.45) is 0.881. The minimum absolute atomic E-state index is 0.140. The summed E-state index contributed by atoms with van der Waals surface area (Å²) in [5.74, 6) is -0.376. The number of hydrogen-bond acceptors (Lipinski definition) is 4. The van der Waals surface area contributed by atoms with E-state index in [1.165, 1.54) is 6.34 Å². The fourth-order valence-electron chi connectivity index (χ4n) is 2.97. The van der Waals surface area contributed by atoms with Gasteiger partial charge in [-0.05, 0) is 25.0 Å². The summed E-state index contributed by atoms with van der Waals surface area (Å²) in [6.45, 7) is 6.33. The summed E-state index contributed by atoms with van der Waals surface area (Å²) < 4.78 is 5.63. The number of benzene rings is 1. The summed E-state index contributed by atoms with van der Waals surface area (Å²) in [7, 11) is 0. The maximum absolute atomic E-state index is 12.8. The molecule has 2 aliphatic heterocycles. The van der Waals surface area contributed by atoms with Crippen LogP contribution in [0.5, 0.6) is 0 Å². The minimum Gasteiger partial charge on any atom is -0.472 e. The van der Waals surface area contributed by atoms with Crippen LogP contribution < -0.4 is 5.32 Å². The van der Waals surface area contributed by atoms with Crippen LogP contribution in [-0.4, -0.2) is 35.8 Å². The predicted molar refractivity (Wildman–Crippen MR) is 91.2 cm³/mol. The topological polar surface area (TPSA) is 71.0 Å². The molecular formula is C18H21N3O3. The molecule has 1 aromatic carbocycles. The molecule has 2 unspecified atom stereocenters. The smallest absolute Gasteiger partial charge is 0.256 e. The van der Waals surface area contributed by atoms with Gasteiger partial charge in [-0.1, -0.05) is 32.0 Å². The molecule has 2 atom stereocenters. The molecular weight excluding hydrogens is 306 g/mol. The average Bonchev–Trinajstić information content (AvgIpc) is 2.88. The van der Waals surface area contributed by atoms with E-state index in [1.54, 1.807) is 24.0 Å². The maximum atomic E-state index is 12.8. The van der Waals surface area contributed by atoms with Gasteiger partial charge in [0.05, 0.1) is 11.9 Å². The molecule has 1 N–H and O–H groups in total. The van der Waals surface area contributed by atoms with Crippen molar-refractivity contribution in [1.82, 2.24) is 4.90 Å². The van der Waals surface area contributed by atoms with Gasteiger partial charge in [0.2, 0.25) is 12.1 Å². The van der Waals surface area contributed by atoms with Crippen LogP contribution in [-0.2, 0) is 14.3 Å². The van der Waals surface area contributed by atoms with Crippen LogP contribution in [0.3, 0.4) is 0 Å². The van der Waals surface area contributed by atoms with Crippen molar-refractivity contribution in [2.24, 2.45) is 16.8 Å². The van der Waals surface area contributed by atoms with Crippen molar-refractivity contribution in [2.75, 3.05) is 11.9 Å². The third kappa shape index (κ3) is 3.04. The van der Waals surface area contributed by atoms with E-state index < -0.39 is 12.1 Å². The molecule has 3 rings (SSSR count). The molecule has 0 radical (unpaired) electrons. The van der Waals surface area contributed by atoms with Crippen LogP contribution in [0.1, 0.15) is 20.8 Å². The lowest BCUT2D eigenvalue weighted by atomic mass is 9.94. The quantitative estimate of drug-likeness (QED) is 0.923. The lowest BCUT2D eigenvalue weighted by molar-refractivity contribution is -0.134. The fraction of sp³-hybridized carbons (Fsp3) is 0.389. The van der Waals surface area contributed by atoms with E-state index in [9.17, 15) is 9.59 Å². The average molecular weight is 327 g/mol. The number of anilines is 1. The molecule has 0 aliphatic carbocycles. The molecule has 0 fully saturated rings. The summed E-state index contributed by atoms with van der Waals surface area (Å²) in [5, 5.41) is 2.82. The molecule has 2 heterocycles. The second-order valence-electron chi connectivity index (χ2n) is 6.43. The summed E-state index contributed by atoms with van der Waals surface area (Å²) in [4.78, 5) is 31.4. The fourth-order valence-corrected chi connectivity index (χ4v) is 2.97. The van der Waals surface area contributed by atoms with Crippen LogP contribution in [0.4, 0.5) is 5.69 Å². The first-order valence-corrected chi connectivity index (χ1v) is 8.05. The van der Waals surface area contributed by atoms with E-state index in [0.29, 0.717) is 29.5 Å². The largest absolute Gasteiger partial charge is 0.472 e. The first-order valence-electron chi connectivity index (χ1n) is 8.05. The Morgan fingerprint density at radius 1 is 1.33 bits per heavy atom. The first kappa shape index (κ1) is 16.2. The van der Waals surface area contributed by atoms with Crippen LogP contribution in [0.25, 0.3) is 0 Å². The number of carbonyl (C=O) groups is 2. The number of nitrogens with zero attached hydrogens (tertiary/aromatic N) is 2. The number of nitrogens with one attached hydrogen (secondary N) is 1. The van der Waals surface area contributed by atoms with Crippen LogP contribution in [0.2, 0.25) is 0 Å². The lowest BCUT2D eigenvalue weighted by Gasteiger charge is -2.29. The SMILES string of the molecule is CC1=C(C(=O)Nc2ccccc2)C2C(=O)N(CC(C)C)C=NC2O1. The number of fused-ring (bicyclic) bond motifs is 1. The normalized spacial score (nSPS) is 22.7. The highest BCUT2D eigenvalue weighted by molar-refractivity contribution is 6.10. The van der Waals surface area contributed by atoms with Crippen molar-refractivity contribution in [3.8, 4) is 0 Å². The van der Waals surface area contributed by atoms with Gasteiger partial charge in [0.1, 0.15) is 11.7 Å². The summed E-state index contributed by atoms with van der Waals surface area (Å²) >= 11 is 0. The van der Waals surface area contributed by atoms with Crippen molar-refractivity contribution in [3.63, 3.8) is 0 Å². The molecule has 126 valence electrons. The van der Waals surface area contributed by atoms with Gasteiger partial charge in [0.25, 0.3) is 5.91 Å². The highest BCUT2D eigenvalue weighted by Gasteiger charge is 2.47. The standard InChI is InChI=1S/C18H21N3O3/c1-11(2)9-21-10-19-17-15(18(21)23)14(12(3)24-17)16(22)20-13-7-5-4-6-8-13/h4-8,10-11,15,17H,9H2,1-3H3,(H,20,22). The van der Waals surface area contributed by atoms with Crippen molar-refractivity contribution >= 4 is 23.8 Å². The van der Waals surface area contributed by atoms with Gasteiger partial charge in [-0.2, -0.15) is 0 Å². The van der Waals surface area contributed by atoms with E-state index in [0.717, 1.165) is 0 Å². The Kier molecular flexibility index (Phi) is 4.38. The number of para-hydroxylation sites is 1. The molecule has 6 heteroatoms. The molecule has 0 aromatic heterocycles. The van der Waals surface area contributed by atoms with Gasteiger partial charge in [-0.25, -0.2) is 4.99 Å². The molecule has 2 amide bonds. The zero-order chi connectivity index (χ0) is 17.3. The second kappa shape index (κ2) is 6.47. The monoisotopic (exact) mass is 327 g/mol. The second-order valence-corrected chi connectivity index (χ2v) is 6.43. The van der Waals surface area contributed by atoms with Gasteiger partial charge >= 0.3 is 0 Å². The zero-order valence-corrected chi connectivity index (χ0v) is 14.0. The Balaban J connectivity index is 1.83. The zero-order valence-electron chi connectivity index (χ0n) is 14.0. The van der Waals surface area contributed by atoms with Gasteiger partial charge in [-0.15, -0.1) is 0 Å². The number of hydrogen-bond donors (Lipinski definition) is 1. The van der Waals surface area contributed by atoms with E-state index in [2.05, 4.69) is 10.3 Å². The molecule has 2 aliphatic rings. The van der Waals surface area contributed by atoms with Crippen molar-refractivity contribution in [3.05, 3.63) is 41.7 Å². The van der Waals surface area contributed by atoms with Gasteiger partial charge in [-0.3, -0.25) is 9.59 Å². The van der Waals surface area contributed by atoms with Gasteiger partial charge in [0.15, 0.2) is 0 Å². The minimum atomic E-state index is -0.683. The highest BCUT2D eigenvalue weighted by atomic mass is 16.5. The molecule has 1 aromatic rings. The first-order chi connectivity index (χ1) is 11.5. The Hall–Kier alpha value is -2.63. The van der Waals surface area contributed by atoms with Gasteiger partial charge < -0.3 is 15.0 Å². The lowest BCUT2D eigenvalue weighted by Crippen LogP contribution is -2.46. The predicted octanol–water partition coefficient (Wildman–Crippen LogP) is 2.40. The number of ether oxygens (including phenoxy) is 1. The third-order valence-electron chi connectivity index (χ3n) is 4.01. The van der Waals surface area contributed by atoms with Crippen LogP contribution >= 0.6 is 0 Å².